The minimum atomic E-state index is -4.97. The van der Waals surface area contributed by atoms with Gasteiger partial charge in [-0.2, -0.15) is 0 Å². The number of hydrogen-bond acceptors (Lipinski definition) is 15. The summed E-state index contributed by atoms with van der Waals surface area (Å²) in [7, 11) is -9.93. The number of hydrogen-bond donors (Lipinski definition) is 3. The van der Waals surface area contributed by atoms with Crippen molar-refractivity contribution in [1.29, 1.82) is 0 Å². The molecule has 3 unspecified atom stereocenters. The number of phosphoric ester groups is 2. The first-order valence-corrected chi connectivity index (χ1v) is 47.0. The van der Waals surface area contributed by atoms with E-state index in [1.807, 2.05) is 0 Å². The highest BCUT2D eigenvalue weighted by molar-refractivity contribution is 7.47. The van der Waals surface area contributed by atoms with Gasteiger partial charge in [0.05, 0.1) is 26.4 Å². The first-order chi connectivity index (χ1) is 50.4. The van der Waals surface area contributed by atoms with E-state index in [1.54, 1.807) is 0 Å². The molecule has 17 nitrogen and oxygen atoms in total. The fraction of sp³-hybridized carbons (Fsp3) is 0.953. The molecule has 0 aliphatic carbocycles. The second-order valence-corrected chi connectivity index (χ2v) is 34.2. The molecule has 0 heterocycles. The molecule has 0 rings (SSSR count). The van der Waals surface area contributed by atoms with Crippen LogP contribution in [0.25, 0.3) is 0 Å². The summed E-state index contributed by atoms with van der Waals surface area (Å²) in [5.74, 6) is -0.500. The molecule has 0 aromatic heterocycles. The van der Waals surface area contributed by atoms with Crippen molar-refractivity contribution in [2.24, 2.45) is 11.8 Å². The minimum Gasteiger partial charge on any atom is -0.462 e. The molecule has 19 heteroatoms. The average Bonchev–Trinajstić information content (AvgIpc) is 0.908. The van der Waals surface area contributed by atoms with Crippen LogP contribution in [0.15, 0.2) is 0 Å². The standard InChI is InChI=1S/C85H166O17P2/c1-7-10-12-14-16-18-20-22-23-24-25-26-27-28-29-34-38-45-51-57-63-69-84(89)101-80(73-96-83(88)68-62-56-50-44-37-33-31-30-32-35-41-47-53-59-65-77(4)5)75-99-103(91,92)97-71-79(86)72-98-104(93,94)100-76-81(74-95-82(87)67-61-55-49-43-36-21-19-17-15-13-11-8-2)102-85(90)70-64-58-52-46-40-39-42-48-54-60-66-78(6)9-3/h77-81,86H,7-76H2,1-6H3,(H,91,92)(H,93,94)/t78?,79-,80-,81-/m1/s1. The molecule has 0 saturated carbocycles. The van der Waals surface area contributed by atoms with Gasteiger partial charge in [0, 0.05) is 25.7 Å². The van der Waals surface area contributed by atoms with Crippen LogP contribution in [-0.2, 0) is 65.4 Å². The fourth-order valence-electron chi connectivity index (χ4n) is 13.2. The van der Waals surface area contributed by atoms with Crippen LogP contribution >= 0.6 is 15.6 Å². The fourth-order valence-corrected chi connectivity index (χ4v) is 14.8. The van der Waals surface area contributed by atoms with Gasteiger partial charge in [0.25, 0.3) is 0 Å². The number of carbonyl (C=O) groups excluding carboxylic acids is 4. The first kappa shape index (κ1) is 102. The van der Waals surface area contributed by atoms with Crippen LogP contribution in [0.3, 0.4) is 0 Å². The van der Waals surface area contributed by atoms with Crippen molar-refractivity contribution >= 4 is 39.5 Å². The third kappa shape index (κ3) is 76.8. The predicted molar refractivity (Wildman–Crippen MR) is 428 cm³/mol. The second kappa shape index (κ2) is 76.4. The maximum atomic E-state index is 13.1. The van der Waals surface area contributed by atoms with E-state index in [0.29, 0.717) is 25.7 Å². The van der Waals surface area contributed by atoms with Crippen LogP contribution < -0.4 is 0 Å². The zero-order valence-corrected chi connectivity index (χ0v) is 70.1. The monoisotopic (exact) mass is 1520 g/mol. The lowest BCUT2D eigenvalue weighted by Gasteiger charge is -2.21. The van der Waals surface area contributed by atoms with Gasteiger partial charge in [0.2, 0.25) is 0 Å². The number of carbonyl (C=O) groups is 4. The molecule has 0 aliphatic rings. The SMILES string of the molecule is CCCCCCCCCCCCCCCCCCCCCCCC(=O)O[C@H](COC(=O)CCCCCCCCCCCCCCCCC(C)C)COP(=O)(O)OC[C@@H](O)COP(=O)(O)OC[C@@H](COC(=O)CCCCCCCCCCCCCC)OC(=O)CCCCCCCCCCCCC(C)CC. The molecular weight excluding hydrogens is 1350 g/mol. The maximum Gasteiger partial charge on any atom is 0.472 e. The molecule has 104 heavy (non-hydrogen) atoms. The van der Waals surface area contributed by atoms with Crippen LogP contribution in [0.1, 0.15) is 452 Å². The zero-order valence-electron chi connectivity index (χ0n) is 68.3. The van der Waals surface area contributed by atoms with Gasteiger partial charge in [-0.3, -0.25) is 37.3 Å². The van der Waals surface area contributed by atoms with Crippen LogP contribution in [0.5, 0.6) is 0 Å². The van der Waals surface area contributed by atoms with Gasteiger partial charge in [-0.05, 0) is 37.5 Å². The van der Waals surface area contributed by atoms with E-state index >= 15 is 0 Å². The van der Waals surface area contributed by atoms with E-state index in [-0.39, 0.29) is 25.7 Å². The summed E-state index contributed by atoms with van der Waals surface area (Å²) in [5.41, 5.74) is 0. The Morgan fingerprint density at radius 1 is 0.279 bits per heavy atom. The van der Waals surface area contributed by atoms with E-state index in [9.17, 15) is 43.2 Å². The number of rotatable bonds is 84. The second-order valence-electron chi connectivity index (χ2n) is 31.3. The van der Waals surface area contributed by atoms with E-state index in [0.717, 1.165) is 102 Å². The first-order valence-electron chi connectivity index (χ1n) is 44.0. The number of ether oxygens (including phenoxy) is 4. The highest BCUT2D eigenvalue weighted by Gasteiger charge is 2.30. The lowest BCUT2D eigenvalue weighted by Crippen LogP contribution is -2.30. The Bertz CT molecular complexity index is 2000. The summed E-state index contributed by atoms with van der Waals surface area (Å²) in [6.07, 6.45) is 67.9. The number of unbranched alkanes of at least 4 members (excludes halogenated alkanes) is 53. The normalized spacial score (nSPS) is 14.1. The maximum absolute atomic E-state index is 13.1. The van der Waals surface area contributed by atoms with Gasteiger partial charge < -0.3 is 33.8 Å². The highest BCUT2D eigenvalue weighted by Crippen LogP contribution is 2.45. The molecule has 0 radical (unpaired) electrons. The van der Waals surface area contributed by atoms with Crippen molar-refractivity contribution in [3.8, 4) is 0 Å². The third-order valence-corrected chi connectivity index (χ3v) is 22.2. The molecule has 0 aliphatic heterocycles. The molecule has 0 fully saturated rings. The van der Waals surface area contributed by atoms with Crippen molar-refractivity contribution in [1.82, 2.24) is 0 Å². The average molecular weight is 1520 g/mol. The van der Waals surface area contributed by atoms with Crippen LogP contribution in [-0.4, -0.2) is 96.7 Å². The Balaban J connectivity index is 5.25. The molecule has 6 atom stereocenters. The van der Waals surface area contributed by atoms with Crippen molar-refractivity contribution < 1.29 is 80.2 Å². The van der Waals surface area contributed by atoms with Crippen LogP contribution in [0.4, 0.5) is 0 Å². The Hall–Kier alpha value is -1.94. The van der Waals surface area contributed by atoms with Crippen molar-refractivity contribution in [2.75, 3.05) is 39.6 Å². The summed E-state index contributed by atoms with van der Waals surface area (Å²) in [5, 5.41) is 10.7. The summed E-state index contributed by atoms with van der Waals surface area (Å²) >= 11 is 0. The van der Waals surface area contributed by atoms with Gasteiger partial charge in [-0.15, -0.1) is 0 Å². The van der Waals surface area contributed by atoms with Crippen LogP contribution in [0.2, 0.25) is 0 Å². The zero-order chi connectivity index (χ0) is 76.4. The van der Waals surface area contributed by atoms with E-state index in [2.05, 4.69) is 41.5 Å². The Morgan fingerprint density at radius 3 is 0.731 bits per heavy atom. The molecule has 0 aromatic carbocycles. The molecule has 0 amide bonds. The van der Waals surface area contributed by atoms with Gasteiger partial charge in [-0.1, -0.05) is 401 Å². The largest absolute Gasteiger partial charge is 0.472 e. The quantitative estimate of drug-likeness (QED) is 0.0222. The molecule has 0 spiro atoms. The lowest BCUT2D eigenvalue weighted by molar-refractivity contribution is -0.161. The summed E-state index contributed by atoms with van der Waals surface area (Å²) in [6.45, 7) is 9.71. The van der Waals surface area contributed by atoms with Gasteiger partial charge in [0.15, 0.2) is 12.2 Å². The van der Waals surface area contributed by atoms with E-state index in [4.69, 9.17) is 37.0 Å². The Kier molecular flexibility index (Phi) is 75.0. The van der Waals surface area contributed by atoms with Crippen LogP contribution in [0, 0.1) is 11.8 Å². The molecule has 0 aromatic rings. The van der Waals surface area contributed by atoms with Gasteiger partial charge in [-0.25, -0.2) is 9.13 Å². The number of esters is 4. The number of aliphatic hydroxyl groups excluding tert-OH is 1. The topological polar surface area (TPSA) is 237 Å². The highest BCUT2D eigenvalue weighted by atomic mass is 31.2. The predicted octanol–water partition coefficient (Wildman–Crippen LogP) is 25.8. The third-order valence-electron chi connectivity index (χ3n) is 20.3. The van der Waals surface area contributed by atoms with E-state index in [1.165, 1.54) is 270 Å². The number of phosphoric acid groups is 2. The van der Waals surface area contributed by atoms with Crippen molar-refractivity contribution in [3.05, 3.63) is 0 Å². The molecule has 618 valence electrons. The summed E-state index contributed by atoms with van der Waals surface area (Å²) in [6, 6.07) is 0. The molecule has 0 bridgehead atoms. The summed E-state index contributed by atoms with van der Waals surface area (Å²) in [4.78, 5) is 73.2. The molecule has 0 saturated heterocycles. The lowest BCUT2D eigenvalue weighted by atomic mass is 9.99. The minimum absolute atomic E-state index is 0.107. The van der Waals surface area contributed by atoms with Gasteiger partial charge in [0.1, 0.15) is 19.3 Å². The van der Waals surface area contributed by atoms with Gasteiger partial charge >= 0.3 is 39.5 Å². The molecular formula is C85H166O17P2. The van der Waals surface area contributed by atoms with Crippen molar-refractivity contribution in [3.63, 3.8) is 0 Å². The summed E-state index contributed by atoms with van der Waals surface area (Å²) < 4.78 is 68.9. The number of aliphatic hydroxyl groups is 1. The molecule has 3 N–H and O–H groups in total. The Labute approximate surface area is 638 Å². The van der Waals surface area contributed by atoms with E-state index < -0.39 is 97.5 Å². The van der Waals surface area contributed by atoms with Crippen molar-refractivity contribution in [2.45, 2.75) is 471 Å². The smallest absolute Gasteiger partial charge is 0.462 e. The Morgan fingerprint density at radius 2 is 0.490 bits per heavy atom.